The zero-order chi connectivity index (χ0) is 46.6. The Bertz CT molecular complexity index is 2770. The van der Waals surface area contributed by atoms with Crippen LogP contribution >= 0.6 is 0 Å². The molecule has 65 heavy (non-hydrogen) atoms. The highest BCUT2D eigenvalue weighted by Gasteiger charge is 2.14. The lowest BCUT2D eigenvalue weighted by Crippen LogP contribution is -2.12. The van der Waals surface area contributed by atoms with E-state index in [0.717, 1.165) is 0 Å². The Morgan fingerprint density at radius 1 is 0.246 bits per heavy atom. The van der Waals surface area contributed by atoms with E-state index >= 15 is 0 Å². The first-order chi connectivity index (χ1) is 31.3. The first-order valence-electron chi connectivity index (χ1n) is 22.9. The molecule has 0 fully saturated rings. The monoisotopic (exact) mass is 849 g/mol. The molecule has 0 bridgehead atoms. The fourth-order valence-corrected chi connectivity index (χ4v) is 7.62. The molecule has 0 aliphatic heterocycles. The summed E-state index contributed by atoms with van der Waals surface area (Å²) in [6.45, 7) is 21.8. The van der Waals surface area contributed by atoms with Crippen molar-refractivity contribution < 1.29 is 0 Å². The van der Waals surface area contributed by atoms with E-state index in [1.54, 1.807) is 0 Å². The molecule has 0 aliphatic rings. The largest absolute Gasteiger partial charge is 0.0622 e. The first kappa shape index (κ1) is 49.0. The maximum Gasteiger partial charge on any atom is -0.0129 e. The summed E-state index contributed by atoms with van der Waals surface area (Å²) in [5.74, 6) is 0. The molecule has 9 rings (SSSR count). The van der Waals surface area contributed by atoms with E-state index in [4.69, 9.17) is 0 Å². The van der Waals surface area contributed by atoms with Crippen LogP contribution in [0, 0.1) is 48.5 Å². The van der Waals surface area contributed by atoms with Gasteiger partial charge in [-0.15, -0.1) is 0 Å². The topological polar surface area (TPSA) is 0 Å². The van der Waals surface area contributed by atoms with Crippen LogP contribution in [0.3, 0.4) is 0 Å². The van der Waals surface area contributed by atoms with Crippen molar-refractivity contribution in [3.8, 4) is 44.5 Å². The molecule has 9 aromatic carbocycles. The second-order valence-corrected chi connectivity index (χ2v) is 17.8. The van der Waals surface area contributed by atoms with Gasteiger partial charge in [-0.1, -0.05) is 257 Å². The van der Waals surface area contributed by atoms with Crippen molar-refractivity contribution in [3.05, 3.63) is 275 Å². The number of rotatable bonds is 4. The zero-order valence-electron chi connectivity index (χ0n) is 40.4. The molecule has 0 amide bonds. The van der Waals surface area contributed by atoms with E-state index in [1.165, 1.54) is 89.0 Å². The third kappa shape index (κ3) is 15.3. The minimum atomic E-state index is 0.283. The SMILES string of the molecule is Cc1ccc(-c2ccccc2)cc1C.Cc1cccc(-c2ccccc2)c1.Cc1cccc(-c2ccccc2)c1C.Cc1ccccc1-c1ccccc1.Cc1ccccc1C(C)(C)C. The summed E-state index contributed by atoms with van der Waals surface area (Å²) in [6.07, 6.45) is 0. The molecule has 328 valence electrons. The van der Waals surface area contributed by atoms with E-state index in [2.05, 4.69) is 282 Å². The fraction of sp³-hybridized carbons (Fsp3) is 0.169. The van der Waals surface area contributed by atoms with Crippen molar-refractivity contribution in [1.29, 1.82) is 0 Å². The number of hydrogen-bond donors (Lipinski definition) is 0. The fourth-order valence-electron chi connectivity index (χ4n) is 7.62. The van der Waals surface area contributed by atoms with Gasteiger partial charge >= 0.3 is 0 Å². The highest BCUT2D eigenvalue weighted by molar-refractivity contribution is 5.69. The van der Waals surface area contributed by atoms with Crippen LogP contribution < -0.4 is 0 Å². The lowest BCUT2D eigenvalue weighted by atomic mass is 9.84. The van der Waals surface area contributed by atoms with Crippen molar-refractivity contribution in [3.63, 3.8) is 0 Å². The number of hydrogen-bond acceptors (Lipinski definition) is 0. The molecular weight excluding hydrogens is 781 g/mol. The van der Waals surface area contributed by atoms with E-state index in [-0.39, 0.29) is 5.41 Å². The second kappa shape index (κ2) is 24.7. The lowest BCUT2D eigenvalue weighted by Gasteiger charge is -2.21. The molecule has 0 spiro atoms. The van der Waals surface area contributed by atoms with Crippen LogP contribution in [0.1, 0.15) is 65.3 Å². The maximum absolute atomic E-state index is 2.25. The van der Waals surface area contributed by atoms with Crippen LogP contribution in [-0.2, 0) is 5.41 Å². The number of benzene rings is 9. The van der Waals surface area contributed by atoms with Gasteiger partial charge in [0.1, 0.15) is 0 Å². The molecule has 0 heterocycles. The lowest BCUT2D eigenvalue weighted by molar-refractivity contribution is 0.586. The molecule has 0 unspecified atom stereocenters. The molecule has 0 saturated heterocycles. The minimum absolute atomic E-state index is 0.283. The zero-order valence-corrected chi connectivity index (χ0v) is 40.4. The van der Waals surface area contributed by atoms with Crippen molar-refractivity contribution in [1.82, 2.24) is 0 Å². The van der Waals surface area contributed by atoms with Crippen LogP contribution in [0.2, 0.25) is 0 Å². The minimum Gasteiger partial charge on any atom is -0.0622 e. The van der Waals surface area contributed by atoms with E-state index < -0.39 is 0 Å². The van der Waals surface area contributed by atoms with E-state index in [0.29, 0.717) is 0 Å². The summed E-state index contributed by atoms with van der Waals surface area (Å²) in [7, 11) is 0. The molecule has 0 radical (unpaired) electrons. The predicted octanol–water partition coefficient (Wildman–Crippen LogP) is 18.6. The Labute approximate surface area is 392 Å². The molecule has 9 aromatic rings. The summed E-state index contributed by atoms with van der Waals surface area (Å²) in [4.78, 5) is 0. The van der Waals surface area contributed by atoms with E-state index in [1.807, 2.05) is 18.2 Å². The Morgan fingerprint density at radius 2 is 0.646 bits per heavy atom. The van der Waals surface area contributed by atoms with Gasteiger partial charge in [-0.05, 0) is 137 Å². The van der Waals surface area contributed by atoms with Gasteiger partial charge < -0.3 is 0 Å². The summed E-state index contributed by atoms with van der Waals surface area (Å²) in [5.41, 5.74) is 21.6. The Kier molecular flexibility index (Phi) is 18.6. The van der Waals surface area contributed by atoms with Crippen molar-refractivity contribution in [2.75, 3.05) is 0 Å². The van der Waals surface area contributed by atoms with Crippen LogP contribution in [0.5, 0.6) is 0 Å². The van der Waals surface area contributed by atoms with Gasteiger partial charge in [-0.25, -0.2) is 0 Å². The highest BCUT2D eigenvalue weighted by Crippen LogP contribution is 2.27. The average Bonchev–Trinajstić information content (AvgIpc) is 3.33. The highest BCUT2D eigenvalue weighted by atomic mass is 14.2. The molecule has 0 aliphatic carbocycles. The number of aryl methyl sites for hydroxylation is 6. The standard InChI is InChI=1S/2C14H14.2C13H12.C11H16/c1-11-7-6-10-14(12(11)2)13-8-4-3-5-9-13;1-11-8-9-14(10-12(11)2)13-6-4-3-5-7-13;1-11-7-5-6-10-13(11)12-8-3-2-4-9-12;1-11-6-5-9-13(10-11)12-7-3-2-4-8-12;1-9-7-5-6-8-10(9)11(2,3)4/h2*3-10H,1-2H3;2*2-10H,1H3;5-8H,1-4H3. The Hall–Kier alpha value is -7.02. The van der Waals surface area contributed by atoms with Gasteiger partial charge in [0.25, 0.3) is 0 Å². The molecule has 0 N–H and O–H groups in total. The van der Waals surface area contributed by atoms with Crippen molar-refractivity contribution >= 4 is 0 Å². The maximum atomic E-state index is 2.25. The molecule has 0 nitrogen and oxygen atoms in total. The van der Waals surface area contributed by atoms with Crippen molar-refractivity contribution in [2.45, 2.75) is 74.7 Å². The van der Waals surface area contributed by atoms with Crippen LogP contribution in [-0.4, -0.2) is 0 Å². The second-order valence-electron chi connectivity index (χ2n) is 17.8. The summed E-state index contributed by atoms with van der Waals surface area (Å²) < 4.78 is 0. The van der Waals surface area contributed by atoms with Crippen LogP contribution in [0.15, 0.2) is 231 Å². The summed E-state index contributed by atoms with van der Waals surface area (Å²) in [5, 5.41) is 0. The van der Waals surface area contributed by atoms with Crippen LogP contribution in [0.25, 0.3) is 44.5 Å². The van der Waals surface area contributed by atoms with Crippen molar-refractivity contribution in [2.24, 2.45) is 0 Å². The Balaban J connectivity index is 0.000000153. The molecular formula is C65H68. The third-order valence-corrected chi connectivity index (χ3v) is 11.6. The normalized spacial score (nSPS) is 10.3. The van der Waals surface area contributed by atoms with Gasteiger partial charge in [0.2, 0.25) is 0 Å². The molecule has 0 aromatic heterocycles. The van der Waals surface area contributed by atoms with Gasteiger partial charge in [0.05, 0.1) is 0 Å². The predicted molar refractivity (Wildman–Crippen MR) is 286 cm³/mol. The van der Waals surface area contributed by atoms with Gasteiger partial charge in [-0.3, -0.25) is 0 Å². The Morgan fingerprint density at radius 3 is 1.12 bits per heavy atom. The average molecular weight is 849 g/mol. The molecule has 0 saturated carbocycles. The van der Waals surface area contributed by atoms with Gasteiger partial charge in [0, 0.05) is 0 Å². The van der Waals surface area contributed by atoms with Gasteiger partial charge in [0.15, 0.2) is 0 Å². The third-order valence-electron chi connectivity index (χ3n) is 11.6. The first-order valence-corrected chi connectivity index (χ1v) is 22.9. The van der Waals surface area contributed by atoms with Gasteiger partial charge in [-0.2, -0.15) is 0 Å². The molecule has 0 heteroatoms. The smallest absolute Gasteiger partial charge is 0.0129 e. The molecule has 0 atom stereocenters. The quantitative estimate of drug-likeness (QED) is 0.166. The summed E-state index contributed by atoms with van der Waals surface area (Å²) >= 11 is 0. The summed E-state index contributed by atoms with van der Waals surface area (Å²) in [6, 6.07) is 80.5. The van der Waals surface area contributed by atoms with E-state index in [9.17, 15) is 0 Å². The van der Waals surface area contributed by atoms with Crippen LogP contribution in [0.4, 0.5) is 0 Å².